The molecule has 0 spiro atoms. The van der Waals surface area contributed by atoms with Gasteiger partial charge in [0, 0.05) is 17.1 Å². The van der Waals surface area contributed by atoms with E-state index >= 15 is 0 Å². The van der Waals surface area contributed by atoms with E-state index in [0.29, 0.717) is 22.6 Å². The highest BCUT2D eigenvalue weighted by Gasteiger charge is 2.10. The van der Waals surface area contributed by atoms with E-state index in [2.05, 4.69) is 25.6 Å². The van der Waals surface area contributed by atoms with Crippen molar-refractivity contribution in [1.29, 1.82) is 0 Å². The topological polar surface area (TPSA) is 96.1 Å². The Morgan fingerprint density at radius 1 is 1.15 bits per heavy atom. The van der Waals surface area contributed by atoms with Crippen LogP contribution in [-0.2, 0) is 4.74 Å². The smallest absolute Gasteiger partial charge is 0.411 e. The molecule has 1 aromatic heterocycles. The third-order valence-corrected chi connectivity index (χ3v) is 2.65. The molecule has 0 unspecified atom stereocenters. The molecular weight excluding hydrogens is 260 g/mol. The lowest BCUT2D eigenvalue weighted by molar-refractivity contribution is 0.102. The predicted octanol–water partition coefficient (Wildman–Crippen LogP) is 2.15. The molecule has 104 valence electrons. The highest BCUT2D eigenvalue weighted by atomic mass is 16.5. The second-order valence-corrected chi connectivity index (χ2v) is 4.06. The first kappa shape index (κ1) is 13.6. The average molecular weight is 274 g/mol. The van der Waals surface area contributed by atoms with Crippen LogP contribution in [0.15, 0.2) is 30.5 Å². The Hall–Kier alpha value is -2.83. The summed E-state index contributed by atoms with van der Waals surface area (Å²) < 4.78 is 4.48. The fourth-order valence-electron chi connectivity index (χ4n) is 1.58. The standard InChI is InChI=1S/C13H14N4O3/c1-8-11(7-14-17-8)12(18)15-9-3-5-10(6-4-9)16-13(19)20-2/h3-7H,1-2H3,(H,14,17)(H,15,18)(H,16,19). The van der Waals surface area contributed by atoms with Gasteiger partial charge in [0.05, 0.1) is 18.9 Å². The lowest BCUT2D eigenvalue weighted by Gasteiger charge is -2.07. The molecule has 20 heavy (non-hydrogen) atoms. The van der Waals surface area contributed by atoms with Crippen molar-refractivity contribution in [3.8, 4) is 0 Å². The van der Waals surface area contributed by atoms with E-state index in [-0.39, 0.29) is 5.91 Å². The number of ether oxygens (including phenoxy) is 1. The minimum absolute atomic E-state index is 0.245. The molecule has 1 aromatic carbocycles. The summed E-state index contributed by atoms with van der Waals surface area (Å²) in [5.41, 5.74) is 2.38. The number of carbonyl (C=O) groups excluding carboxylic acids is 2. The zero-order valence-electron chi connectivity index (χ0n) is 11.1. The van der Waals surface area contributed by atoms with Crippen molar-refractivity contribution in [1.82, 2.24) is 10.2 Å². The van der Waals surface area contributed by atoms with E-state index in [0.717, 1.165) is 0 Å². The molecule has 7 nitrogen and oxygen atoms in total. The van der Waals surface area contributed by atoms with Crippen molar-refractivity contribution in [2.75, 3.05) is 17.7 Å². The number of benzene rings is 1. The lowest BCUT2D eigenvalue weighted by Crippen LogP contribution is -2.13. The van der Waals surface area contributed by atoms with Crippen molar-refractivity contribution in [3.05, 3.63) is 41.7 Å². The molecule has 0 radical (unpaired) electrons. The van der Waals surface area contributed by atoms with E-state index in [4.69, 9.17) is 0 Å². The minimum atomic E-state index is -0.546. The van der Waals surface area contributed by atoms with Crippen molar-refractivity contribution in [3.63, 3.8) is 0 Å². The maximum Gasteiger partial charge on any atom is 0.411 e. The molecule has 0 saturated carbocycles. The third-order valence-electron chi connectivity index (χ3n) is 2.65. The molecule has 1 heterocycles. The minimum Gasteiger partial charge on any atom is -0.453 e. The SMILES string of the molecule is COC(=O)Nc1ccc(NC(=O)c2cn[nH]c2C)cc1. The number of nitrogens with zero attached hydrogens (tertiary/aromatic N) is 1. The molecule has 0 bridgehead atoms. The molecule has 7 heteroatoms. The average Bonchev–Trinajstić information content (AvgIpc) is 2.87. The molecule has 0 fully saturated rings. The van der Waals surface area contributed by atoms with Crippen LogP contribution in [0, 0.1) is 6.92 Å². The summed E-state index contributed by atoms with van der Waals surface area (Å²) in [6.45, 7) is 1.77. The van der Waals surface area contributed by atoms with Gasteiger partial charge in [-0.05, 0) is 31.2 Å². The molecule has 2 rings (SSSR count). The largest absolute Gasteiger partial charge is 0.453 e. The van der Waals surface area contributed by atoms with Gasteiger partial charge in [0.25, 0.3) is 5.91 Å². The number of anilines is 2. The summed E-state index contributed by atoms with van der Waals surface area (Å²) >= 11 is 0. The van der Waals surface area contributed by atoms with Gasteiger partial charge in [-0.1, -0.05) is 0 Å². The number of hydrogen-bond acceptors (Lipinski definition) is 4. The Morgan fingerprint density at radius 2 is 1.75 bits per heavy atom. The summed E-state index contributed by atoms with van der Waals surface area (Å²) in [5.74, 6) is -0.245. The van der Waals surface area contributed by atoms with E-state index in [9.17, 15) is 9.59 Å². The van der Waals surface area contributed by atoms with Gasteiger partial charge < -0.3 is 10.1 Å². The van der Waals surface area contributed by atoms with Gasteiger partial charge in [-0.15, -0.1) is 0 Å². The number of H-pyrrole nitrogens is 1. The van der Waals surface area contributed by atoms with Gasteiger partial charge in [-0.25, -0.2) is 4.79 Å². The predicted molar refractivity (Wildman–Crippen MR) is 73.7 cm³/mol. The molecule has 2 amide bonds. The van der Waals surface area contributed by atoms with Crippen LogP contribution in [0.25, 0.3) is 0 Å². The molecule has 0 atom stereocenters. The maximum absolute atomic E-state index is 11.9. The number of hydrogen-bond donors (Lipinski definition) is 3. The van der Waals surface area contributed by atoms with Gasteiger partial charge in [0.15, 0.2) is 0 Å². The molecule has 0 aliphatic carbocycles. The first-order chi connectivity index (χ1) is 9.60. The zero-order chi connectivity index (χ0) is 14.5. The summed E-state index contributed by atoms with van der Waals surface area (Å²) in [6.07, 6.45) is 0.925. The number of amides is 2. The molecule has 0 aliphatic heterocycles. The Kier molecular flexibility index (Phi) is 3.99. The van der Waals surface area contributed by atoms with Crippen LogP contribution in [0.5, 0.6) is 0 Å². The second-order valence-electron chi connectivity index (χ2n) is 4.06. The van der Waals surface area contributed by atoms with Gasteiger partial charge in [0.2, 0.25) is 0 Å². The molecule has 0 aliphatic rings. The van der Waals surface area contributed by atoms with Crippen molar-refractivity contribution in [2.45, 2.75) is 6.92 Å². The fraction of sp³-hybridized carbons (Fsp3) is 0.154. The second kappa shape index (κ2) is 5.87. The summed E-state index contributed by atoms with van der Waals surface area (Å²) in [7, 11) is 1.29. The normalized spacial score (nSPS) is 9.90. The number of methoxy groups -OCH3 is 1. The van der Waals surface area contributed by atoms with E-state index < -0.39 is 6.09 Å². The number of aryl methyl sites for hydroxylation is 1. The van der Waals surface area contributed by atoms with Crippen molar-refractivity contribution >= 4 is 23.4 Å². The highest BCUT2D eigenvalue weighted by Crippen LogP contribution is 2.15. The Bertz CT molecular complexity index is 619. The van der Waals surface area contributed by atoms with Crippen LogP contribution in [0.3, 0.4) is 0 Å². The van der Waals surface area contributed by atoms with Crippen LogP contribution in [0.2, 0.25) is 0 Å². The monoisotopic (exact) mass is 274 g/mol. The molecule has 0 saturated heterocycles. The van der Waals surface area contributed by atoms with Crippen LogP contribution in [0.4, 0.5) is 16.2 Å². The van der Waals surface area contributed by atoms with Crippen molar-refractivity contribution in [2.24, 2.45) is 0 Å². The lowest BCUT2D eigenvalue weighted by atomic mass is 10.2. The van der Waals surface area contributed by atoms with Gasteiger partial charge in [-0.2, -0.15) is 5.10 Å². The Morgan fingerprint density at radius 3 is 2.25 bits per heavy atom. The van der Waals surface area contributed by atoms with Gasteiger partial charge >= 0.3 is 6.09 Å². The number of aromatic amines is 1. The fourth-order valence-corrected chi connectivity index (χ4v) is 1.58. The number of carbonyl (C=O) groups is 2. The summed E-state index contributed by atoms with van der Waals surface area (Å²) in [5, 5.41) is 11.8. The highest BCUT2D eigenvalue weighted by molar-refractivity contribution is 6.04. The van der Waals surface area contributed by atoms with Crippen molar-refractivity contribution < 1.29 is 14.3 Å². The van der Waals surface area contributed by atoms with Gasteiger partial charge in [-0.3, -0.25) is 15.2 Å². The third kappa shape index (κ3) is 3.14. The number of rotatable bonds is 3. The quantitative estimate of drug-likeness (QED) is 0.799. The maximum atomic E-state index is 11.9. The zero-order valence-corrected chi connectivity index (χ0v) is 11.1. The summed E-state index contributed by atoms with van der Waals surface area (Å²) in [6, 6.07) is 6.68. The van der Waals surface area contributed by atoms with Crippen LogP contribution >= 0.6 is 0 Å². The van der Waals surface area contributed by atoms with Crippen LogP contribution in [-0.4, -0.2) is 29.3 Å². The van der Waals surface area contributed by atoms with E-state index in [1.807, 2.05) is 0 Å². The first-order valence-corrected chi connectivity index (χ1v) is 5.86. The Labute approximate surface area is 115 Å². The van der Waals surface area contributed by atoms with Crippen LogP contribution < -0.4 is 10.6 Å². The molecule has 2 aromatic rings. The van der Waals surface area contributed by atoms with Gasteiger partial charge in [0.1, 0.15) is 0 Å². The van der Waals surface area contributed by atoms with E-state index in [1.54, 1.807) is 31.2 Å². The van der Waals surface area contributed by atoms with E-state index in [1.165, 1.54) is 13.3 Å². The number of nitrogens with one attached hydrogen (secondary N) is 3. The first-order valence-electron chi connectivity index (χ1n) is 5.86. The van der Waals surface area contributed by atoms with Crippen LogP contribution in [0.1, 0.15) is 16.1 Å². The molecular formula is C13H14N4O3. The Balaban J connectivity index is 2.02. The number of aromatic nitrogens is 2. The molecule has 3 N–H and O–H groups in total. The summed E-state index contributed by atoms with van der Waals surface area (Å²) in [4.78, 5) is 23.0.